The van der Waals surface area contributed by atoms with Crippen molar-refractivity contribution in [1.82, 2.24) is 20.2 Å². The second-order valence-electron chi connectivity index (χ2n) is 4.99. The Hall–Kier alpha value is -1.24. The third-order valence-corrected chi connectivity index (χ3v) is 4.64. The number of rotatable bonds is 3. The molecule has 0 atom stereocenters. The molecule has 102 valence electrons. The molecule has 0 aliphatic carbocycles. The predicted octanol–water partition coefficient (Wildman–Crippen LogP) is 1.17. The number of hydrogen-bond donors (Lipinski definition) is 2. The lowest BCUT2D eigenvalue weighted by atomic mass is 10.1. The highest BCUT2D eigenvalue weighted by Crippen LogP contribution is 2.15. The van der Waals surface area contributed by atoms with Crippen molar-refractivity contribution in [3.8, 4) is 0 Å². The van der Waals surface area contributed by atoms with E-state index in [0.717, 1.165) is 48.5 Å². The van der Waals surface area contributed by atoms with E-state index in [-0.39, 0.29) is 5.56 Å². The molecule has 3 rings (SSSR count). The quantitative estimate of drug-likeness (QED) is 0.885. The fourth-order valence-electron chi connectivity index (χ4n) is 2.59. The maximum atomic E-state index is 11.9. The third-order valence-electron chi connectivity index (χ3n) is 3.73. The van der Waals surface area contributed by atoms with E-state index in [1.54, 1.807) is 0 Å². The lowest BCUT2D eigenvalue weighted by Crippen LogP contribution is -2.41. The maximum Gasteiger partial charge on any atom is 0.268 e. The molecule has 1 saturated heterocycles. The number of hydrogen-bond acceptors (Lipinski definition) is 5. The zero-order valence-corrected chi connectivity index (χ0v) is 11.8. The van der Waals surface area contributed by atoms with E-state index in [4.69, 9.17) is 0 Å². The van der Waals surface area contributed by atoms with Crippen molar-refractivity contribution in [3.05, 3.63) is 27.6 Å². The van der Waals surface area contributed by atoms with Gasteiger partial charge in [0.05, 0.1) is 12.1 Å². The van der Waals surface area contributed by atoms with Gasteiger partial charge in [0.25, 0.3) is 5.56 Å². The van der Waals surface area contributed by atoms with Gasteiger partial charge in [-0.05, 0) is 31.3 Å². The van der Waals surface area contributed by atoms with Gasteiger partial charge in [0.15, 0.2) is 0 Å². The van der Waals surface area contributed by atoms with Crippen LogP contribution in [0.2, 0.25) is 0 Å². The van der Waals surface area contributed by atoms with E-state index in [0.29, 0.717) is 6.04 Å². The Morgan fingerprint density at radius 1 is 1.53 bits per heavy atom. The monoisotopic (exact) mass is 278 g/mol. The molecule has 0 amide bonds. The fourth-order valence-corrected chi connectivity index (χ4v) is 3.31. The topological polar surface area (TPSA) is 61.0 Å². The van der Waals surface area contributed by atoms with Crippen molar-refractivity contribution in [3.63, 3.8) is 0 Å². The smallest absolute Gasteiger partial charge is 0.268 e. The first-order valence-corrected chi connectivity index (χ1v) is 7.50. The fraction of sp³-hybridized carbons (Fsp3) is 0.538. The number of likely N-dealkylation sites (tertiary alicyclic amines) is 1. The van der Waals surface area contributed by atoms with Gasteiger partial charge >= 0.3 is 0 Å². The molecule has 2 aromatic rings. The van der Waals surface area contributed by atoms with Gasteiger partial charge in [0.1, 0.15) is 10.5 Å². The zero-order chi connectivity index (χ0) is 13.2. The zero-order valence-electron chi connectivity index (χ0n) is 11.0. The van der Waals surface area contributed by atoms with Crippen molar-refractivity contribution in [1.29, 1.82) is 0 Å². The lowest BCUT2D eigenvalue weighted by Gasteiger charge is -2.31. The minimum Gasteiger partial charge on any atom is -0.317 e. The molecule has 1 fully saturated rings. The molecule has 0 aromatic carbocycles. The summed E-state index contributed by atoms with van der Waals surface area (Å²) in [5.74, 6) is 0.777. The van der Waals surface area contributed by atoms with E-state index < -0.39 is 0 Å². The SMILES string of the molecule is CNC1CCN(Cc2nc3ccsc3c(=O)[nH]2)CC1. The van der Waals surface area contributed by atoms with Crippen molar-refractivity contribution in [2.75, 3.05) is 20.1 Å². The standard InChI is InChI=1S/C13H18N4OS/c1-14-9-2-5-17(6-3-9)8-11-15-10-4-7-19-12(10)13(18)16-11/h4,7,9,14H,2-3,5-6,8H2,1H3,(H,15,16,18). The van der Waals surface area contributed by atoms with Gasteiger partial charge in [-0.1, -0.05) is 0 Å². The highest BCUT2D eigenvalue weighted by Gasteiger charge is 2.18. The van der Waals surface area contributed by atoms with Crippen molar-refractivity contribution < 1.29 is 0 Å². The Labute approximate surface area is 115 Å². The predicted molar refractivity (Wildman–Crippen MR) is 77.6 cm³/mol. The highest BCUT2D eigenvalue weighted by atomic mass is 32.1. The molecule has 6 heteroatoms. The van der Waals surface area contributed by atoms with Crippen LogP contribution in [-0.2, 0) is 6.54 Å². The van der Waals surface area contributed by atoms with Crippen LogP contribution in [0.5, 0.6) is 0 Å². The highest BCUT2D eigenvalue weighted by molar-refractivity contribution is 7.17. The number of piperidine rings is 1. The average Bonchev–Trinajstić information content (AvgIpc) is 2.88. The summed E-state index contributed by atoms with van der Waals surface area (Å²) in [7, 11) is 2.02. The van der Waals surface area contributed by atoms with Gasteiger partial charge in [-0.2, -0.15) is 0 Å². The van der Waals surface area contributed by atoms with Crippen LogP contribution in [0.4, 0.5) is 0 Å². The molecule has 1 aliphatic heterocycles. The van der Waals surface area contributed by atoms with Crippen LogP contribution in [-0.4, -0.2) is 41.0 Å². The van der Waals surface area contributed by atoms with Crippen LogP contribution in [0.1, 0.15) is 18.7 Å². The Bertz CT molecular complexity index is 612. The molecular formula is C13H18N4OS. The number of thiophene rings is 1. The molecule has 2 aromatic heterocycles. The molecule has 0 saturated carbocycles. The van der Waals surface area contributed by atoms with Crippen LogP contribution in [0, 0.1) is 0 Å². The van der Waals surface area contributed by atoms with E-state index >= 15 is 0 Å². The minimum absolute atomic E-state index is 0.0138. The number of aromatic nitrogens is 2. The number of H-pyrrole nitrogens is 1. The summed E-state index contributed by atoms with van der Waals surface area (Å²) in [4.78, 5) is 21.7. The summed E-state index contributed by atoms with van der Waals surface area (Å²) in [6.45, 7) is 2.84. The summed E-state index contributed by atoms with van der Waals surface area (Å²) in [5.41, 5.74) is 0.800. The normalized spacial score (nSPS) is 18.2. The molecule has 1 aliphatic rings. The van der Waals surface area contributed by atoms with Crippen LogP contribution in [0.3, 0.4) is 0 Å². The summed E-state index contributed by atoms with van der Waals surface area (Å²) < 4.78 is 0.720. The number of fused-ring (bicyclic) bond motifs is 1. The minimum atomic E-state index is -0.0138. The summed E-state index contributed by atoms with van der Waals surface area (Å²) in [5, 5.41) is 5.23. The first-order chi connectivity index (χ1) is 9.26. The molecule has 2 N–H and O–H groups in total. The Balaban J connectivity index is 1.73. The van der Waals surface area contributed by atoms with Gasteiger partial charge in [-0.15, -0.1) is 11.3 Å². The first-order valence-electron chi connectivity index (χ1n) is 6.62. The first kappa shape index (κ1) is 12.8. The molecule has 0 spiro atoms. The van der Waals surface area contributed by atoms with Crippen LogP contribution < -0.4 is 10.9 Å². The van der Waals surface area contributed by atoms with E-state index in [1.807, 2.05) is 18.5 Å². The van der Waals surface area contributed by atoms with Crippen molar-refractivity contribution in [2.45, 2.75) is 25.4 Å². The van der Waals surface area contributed by atoms with Crippen LogP contribution in [0.15, 0.2) is 16.2 Å². The molecule has 5 nitrogen and oxygen atoms in total. The van der Waals surface area contributed by atoms with E-state index in [2.05, 4.69) is 20.2 Å². The summed E-state index contributed by atoms with van der Waals surface area (Å²) >= 11 is 1.44. The molecular weight excluding hydrogens is 260 g/mol. The lowest BCUT2D eigenvalue weighted by molar-refractivity contribution is 0.190. The Kier molecular flexibility index (Phi) is 3.63. The van der Waals surface area contributed by atoms with Gasteiger partial charge in [0.2, 0.25) is 0 Å². The molecule has 3 heterocycles. The van der Waals surface area contributed by atoms with Crippen molar-refractivity contribution in [2.24, 2.45) is 0 Å². The number of nitrogens with one attached hydrogen (secondary N) is 2. The van der Waals surface area contributed by atoms with Gasteiger partial charge in [0, 0.05) is 19.1 Å². The Morgan fingerprint density at radius 3 is 3.05 bits per heavy atom. The summed E-state index contributed by atoms with van der Waals surface area (Å²) in [6, 6.07) is 2.54. The summed E-state index contributed by atoms with van der Waals surface area (Å²) in [6.07, 6.45) is 2.31. The second-order valence-corrected chi connectivity index (χ2v) is 5.90. The van der Waals surface area contributed by atoms with Gasteiger partial charge in [-0.25, -0.2) is 4.98 Å². The molecule has 0 radical (unpaired) electrons. The molecule has 0 bridgehead atoms. The molecule has 0 unspecified atom stereocenters. The van der Waals surface area contributed by atoms with Gasteiger partial charge < -0.3 is 10.3 Å². The van der Waals surface area contributed by atoms with Gasteiger partial charge in [-0.3, -0.25) is 9.69 Å². The van der Waals surface area contributed by atoms with Crippen LogP contribution >= 0.6 is 11.3 Å². The molecule has 19 heavy (non-hydrogen) atoms. The van der Waals surface area contributed by atoms with E-state index in [9.17, 15) is 4.79 Å². The number of nitrogens with zero attached hydrogens (tertiary/aromatic N) is 2. The Morgan fingerprint density at radius 2 is 2.32 bits per heavy atom. The largest absolute Gasteiger partial charge is 0.317 e. The van der Waals surface area contributed by atoms with Crippen LogP contribution in [0.25, 0.3) is 10.2 Å². The third kappa shape index (κ3) is 2.70. The maximum absolute atomic E-state index is 11.9. The number of aromatic amines is 1. The average molecular weight is 278 g/mol. The van der Waals surface area contributed by atoms with Crippen molar-refractivity contribution >= 4 is 21.6 Å². The second kappa shape index (κ2) is 5.40. The van der Waals surface area contributed by atoms with E-state index in [1.165, 1.54) is 11.3 Å².